The molecular formula is C15H20O2. The summed E-state index contributed by atoms with van der Waals surface area (Å²) in [5.41, 5.74) is 1.20. The van der Waals surface area contributed by atoms with E-state index in [1.54, 1.807) is 6.08 Å². The normalized spacial score (nSPS) is 42.5. The van der Waals surface area contributed by atoms with Crippen molar-refractivity contribution in [3.63, 3.8) is 0 Å². The third-order valence-electron chi connectivity index (χ3n) is 5.19. The molecule has 0 unspecified atom stereocenters. The number of allylic oxidation sites excluding steroid dienone is 2. The van der Waals surface area contributed by atoms with Gasteiger partial charge in [0.2, 0.25) is 0 Å². The van der Waals surface area contributed by atoms with Gasteiger partial charge in [-0.15, -0.1) is 0 Å². The third kappa shape index (κ3) is 1.36. The summed E-state index contributed by atoms with van der Waals surface area (Å²) in [5.74, 6) is 1.05. The Balaban J connectivity index is 2.00. The lowest BCUT2D eigenvalue weighted by Gasteiger charge is -2.40. The van der Waals surface area contributed by atoms with Crippen molar-refractivity contribution in [2.75, 3.05) is 0 Å². The van der Waals surface area contributed by atoms with E-state index >= 15 is 0 Å². The predicted molar refractivity (Wildman–Crippen MR) is 66.3 cm³/mol. The lowest BCUT2D eigenvalue weighted by molar-refractivity contribution is -0.153. The molecule has 2 aliphatic carbocycles. The number of fused-ring (bicyclic) bond motifs is 1. The van der Waals surface area contributed by atoms with Gasteiger partial charge in [0.25, 0.3) is 0 Å². The smallest absolute Gasteiger partial charge is 0.331 e. The van der Waals surface area contributed by atoms with Crippen LogP contribution < -0.4 is 0 Å². The van der Waals surface area contributed by atoms with E-state index in [9.17, 15) is 4.79 Å². The lowest BCUT2D eigenvalue weighted by atomic mass is 9.68. The molecule has 2 nitrogen and oxygen atoms in total. The Morgan fingerprint density at radius 3 is 2.82 bits per heavy atom. The zero-order valence-electron chi connectivity index (χ0n) is 10.8. The van der Waals surface area contributed by atoms with E-state index in [1.807, 2.05) is 6.08 Å². The first-order valence-electron chi connectivity index (χ1n) is 6.54. The average Bonchev–Trinajstić information content (AvgIpc) is 2.69. The molecule has 2 heteroatoms. The Hall–Kier alpha value is -1.05. The maximum atomic E-state index is 11.4. The molecule has 92 valence electrons. The number of hydrogen-bond acceptors (Lipinski definition) is 2. The molecular weight excluding hydrogens is 212 g/mol. The summed E-state index contributed by atoms with van der Waals surface area (Å²) < 4.78 is 5.67. The van der Waals surface area contributed by atoms with Crippen molar-refractivity contribution >= 4 is 5.97 Å². The summed E-state index contributed by atoms with van der Waals surface area (Å²) in [6.45, 7) is 6.73. The minimum atomic E-state index is -0.347. The Morgan fingerprint density at radius 1 is 1.41 bits per heavy atom. The number of carbonyl (C=O) groups is 1. The molecule has 0 aromatic heterocycles. The zero-order chi connectivity index (χ0) is 12.3. The summed E-state index contributed by atoms with van der Waals surface area (Å²) in [6.07, 6.45) is 9.41. The zero-order valence-corrected chi connectivity index (χ0v) is 10.8. The third-order valence-corrected chi connectivity index (χ3v) is 5.19. The van der Waals surface area contributed by atoms with E-state index in [1.165, 1.54) is 18.4 Å². The van der Waals surface area contributed by atoms with Gasteiger partial charge in [-0.2, -0.15) is 0 Å². The van der Waals surface area contributed by atoms with Crippen LogP contribution in [0.15, 0.2) is 23.8 Å². The van der Waals surface area contributed by atoms with Gasteiger partial charge < -0.3 is 4.74 Å². The molecule has 3 rings (SSSR count). The fourth-order valence-electron chi connectivity index (χ4n) is 4.09. The van der Waals surface area contributed by atoms with E-state index in [4.69, 9.17) is 4.74 Å². The molecule has 0 aromatic carbocycles. The van der Waals surface area contributed by atoms with Crippen LogP contribution in [0.5, 0.6) is 0 Å². The average molecular weight is 232 g/mol. The van der Waals surface area contributed by atoms with Gasteiger partial charge in [-0.3, -0.25) is 0 Å². The second kappa shape index (κ2) is 3.24. The molecule has 1 saturated carbocycles. The minimum Gasteiger partial charge on any atom is -0.451 e. The Morgan fingerprint density at radius 2 is 2.18 bits per heavy atom. The topological polar surface area (TPSA) is 26.3 Å². The number of carbonyl (C=O) groups excluding carboxylic acids is 1. The van der Waals surface area contributed by atoms with Crippen LogP contribution in [0.1, 0.15) is 40.0 Å². The molecule has 3 aliphatic rings. The first kappa shape index (κ1) is 11.1. The first-order chi connectivity index (χ1) is 7.95. The van der Waals surface area contributed by atoms with Crippen LogP contribution >= 0.6 is 0 Å². The van der Waals surface area contributed by atoms with Crippen LogP contribution in [0.2, 0.25) is 0 Å². The van der Waals surface area contributed by atoms with Gasteiger partial charge in [0, 0.05) is 11.5 Å². The van der Waals surface area contributed by atoms with E-state index in [0.717, 1.165) is 6.42 Å². The van der Waals surface area contributed by atoms with Crippen molar-refractivity contribution in [1.82, 2.24) is 0 Å². The second-order valence-electron chi connectivity index (χ2n) is 6.39. The van der Waals surface area contributed by atoms with Crippen LogP contribution in [0, 0.1) is 17.3 Å². The molecule has 0 radical (unpaired) electrons. The summed E-state index contributed by atoms with van der Waals surface area (Å²) in [6, 6.07) is 0. The van der Waals surface area contributed by atoms with Crippen LogP contribution in [-0.4, -0.2) is 11.6 Å². The predicted octanol–water partition coefficient (Wildman–Crippen LogP) is 3.24. The molecule has 0 N–H and O–H groups in total. The molecule has 3 atom stereocenters. The van der Waals surface area contributed by atoms with Gasteiger partial charge in [-0.05, 0) is 44.1 Å². The molecule has 1 fully saturated rings. The lowest BCUT2D eigenvalue weighted by Crippen LogP contribution is -2.42. The molecule has 0 saturated heterocycles. The number of ether oxygens (including phenoxy) is 1. The molecule has 1 aliphatic heterocycles. The van der Waals surface area contributed by atoms with Gasteiger partial charge >= 0.3 is 5.97 Å². The number of rotatable bonds is 0. The fourth-order valence-corrected chi connectivity index (χ4v) is 4.09. The van der Waals surface area contributed by atoms with Crippen molar-refractivity contribution in [1.29, 1.82) is 0 Å². The SMILES string of the molecule is CC1=C[C@@H]2C[C@]3(C=CC(=O)O3)C(C)(C)[C@@H]2CC1. The largest absolute Gasteiger partial charge is 0.451 e. The summed E-state index contributed by atoms with van der Waals surface area (Å²) in [7, 11) is 0. The highest BCUT2D eigenvalue weighted by atomic mass is 16.6. The van der Waals surface area contributed by atoms with Crippen molar-refractivity contribution < 1.29 is 9.53 Å². The van der Waals surface area contributed by atoms with Crippen LogP contribution in [-0.2, 0) is 9.53 Å². The molecule has 0 bridgehead atoms. The van der Waals surface area contributed by atoms with Gasteiger partial charge in [-0.1, -0.05) is 25.5 Å². The highest BCUT2D eigenvalue weighted by Gasteiger charge is 2.61. The highest BCUT2D eigenvalue weighted by Crippen LogP contribution is 2.60. The van der Waals surface area contributed by atoms with Gasteiger partial charge in [0.1, 0.15) is 5.60 Å². The Bertz CT molecular complexity index is 430. The van der Waals surface area contributed by atoms with Crippen LogP contribution in [0.4, 0.5) is 0 Å². The Labute approximate surface area is 103 Å². The van der Waals surface area contributed by atoms with Crippen molar-refractivity contribution in [2.45, 2.75) is 45.6 Å². The van der Waals surface area contributed by atoms with Crippen molar-refractivity contribution in [3.05, 3.63) is 23.8 Å². The fraction of sp³-hybridized carbons (Fsp3) is 0.667. The summed E-state index contributed by atoms with van der Waals surface area (Å²) in [5, 5.41) is 0. The minimum absolute atomic E-state index is 0.0531. The van der Waals surface area contributed by atoms with Gasteiger partial charge in [-0.25, -0.2) is 4.79 Å². The van der Waals surface area contributed by atoms with E-state index < -0.39 is 0 Å². The molecule has 1 heterocycles. The second-order valence-corrected chi connectivity index (χ2v) is 6.39. The van der Waals surface area contributed by atoms with E-state index in [-0.39, 0.29) is 17.0 Å². The standard InChI is InChI=1S/C15H20O2/c1-10-4-5-12-11(8-10)9-15(14(12,2)3)7-6-13(16)17-15/h6-8,11-12H,4-5,9H2,1-3H3/t11-,12-,15-/m1/s1. The highest BCUT2D eigenvalue weighted by molar-refractivity contribution is 5.85. The van der Waals surface area contributed by atoms with Crippen molar-refractivity contribution in [2.24, 2.45) is 17.3 Å². The van der Waals surface area contributed by atoms with Gasteiger partial charge in [0.05, 0.1) is 0 Å². The maximum absolute atomic E-state index is 11.4. The van der Waals surface area contributed by atoms with Crippen LogP contribution in [0.25, 0.3) is 0 Å². The van der Waals surface area contributed by atoms with Crippen LogP contribution in [0.3, 0.4) is 0 Å². The van der Waals surface area contributed by atoms with Crippen molar-refractivity contribution in [3.8, 4) is 0 Å². The summed E-state index contributed by atoms with van der Waals surface area (Å²) in [4.78, 5) is 11.4. The van der Waals surface area contributed by atoms with E-state index in [0.29, 0.717) is 11.8 Å². The first-order valence-corrected chi connectivity index (χ1v) is 6.54. The monoisotopic (exact) mass is 232 g/mol. The molecule has 17 heavy (non-hydrogen) atoms. The molecule has 0 aromatic rings. The number of esters is 1. The molecule has 0 amide bonds. The maximum Gasteiger partial charge on any atom is 0.331 e. The number of hydrogen-bond donors (Lipinski definition) is 0. The van der Waals surface area contributed by atoms with Gasteiger partial charge in [0.15, 0.2) is 0 Å². The molecule has 1 spiro atoms. The Kier molecular flexibility index (Phi) is 2.11. The van der Waals surface area contributed by atoms with E-state index in [2.05, 4.69) is 26.8 Å². The quantitative estimate of drug-likeness (QED) is 0.473. The summed E-state index contributed by atoms with van der Waals surface area (Å²) >= 11 is 0.